The molecule has 0 aliphatic carbocycles. The summed E-state index contributed by atoms with van der Waals surface area (Å²) in [6, 6.07) is 63.5. The zero-order valence-electron chi connectivity index (χ0n) is 23.7. The van der Waals surface area contributed by atoms with E-state index < -0.39 is 0 Å². The number of nitrogens with zero attached hydrogens (tertiary/aromatic N) is 1. The monoisotopic (exact) mass is 547 g/mol. The largest absolute Gasteiger partial charge is 0.310 e. The number of rotatable bonds is 5. The average Bonchev–Trinajstić information content (AvgIpc) is 3.09. The molecule has 0 aliphatic rings. The number of benzene rings is 8. The quantitative estimate of drug-likeness (QED) is 0.194. The highest BCUT2D eigenvalue weighted by Crippen LogP contribution is 2.44. The topological polar surface area (TPSA) is 3.24 Å². The van der Waals surface area contributed by atoms with Gasteiger partial charge in [0.25, 0.3) is 0 Å². The highest BCUT2D eigenvalue weighted by atomic mass is 15.1. The second-order valence-electron chi connectivity index (χ2n) is 11.0. The van der Waals surface area contributed by atoms with Gasteiger partial charge in [0.15, 0.2) is 0 Å². The molecule has 8 aromatic carbocycles. The first-order valence-electron chi connectivity index (χ1n) is 14.8. The van der Waals surface area contributed by atoms with Crippen LogP contribution in [-0.2, 0) is 0 Å². The molecule has 0 bridgehead atoms. The van der Waals surface area contributed by atoms with Crippen LogP contribution >= 0.6 is 0 Å². The summed E-state index contributed by atoms with van der Waals surface area (Å²) in [6.07, 6.45) is 0. The Labute approximate surface area is 251 Å². The maximum absolute atomic E-state index is 2.38. The number of anilines is 3. The number of para-hydroxylation sites is 2. The molecule has 1 nitrogen and oxygen atoms in total. The molecule has 0 saturated carbocycles. The van der Waals surface area contributed by atoms with E-state index >= 15 is 0 Å². The molecular weight excluding hydrogens is 518 g/mol. The lowest BCUT2D eigenvalue weighted by Crippen LogP contribution is -2.11. The molecule has 8 rings (SSSR count). The van der Waals surface area contributed by atoms with Crippen LogP contribution < -0.4 is 4.90 Å². The minimum atomic E-state index is 1.12. The first-order chi connectivity index (χ1) is 21.3. The second kappa shape index (κ2) is 10.6. The van der Waals surface area contributed by atoms with Crippen molar-refractivity contribution < 1.29 is 0 Å². The summed E-state index contributed by atoms with van der Waals surface area (Å²) in [5.41, 5.74) is 8.25. The number of hydrogen-bond acceptors (Lipinski definition) is 1. The second-order valence-corrected chi connectivity index (χ2v) is 11.0. The van der Waals surface area contributed by atoms with Gasteiger partial charge in [0, 0.05) is 16.9 Å². The minimum Gasteiger partial charge on any atom is -0.310 e. The van der Waals surface area contributed by atoms with Crippen molar-refractivity contribution >= 4 is 49.4 Å². The Kier molecular flexibility index (Phi) is 6.20. The van der Waals surface area contributed by atoms with Crippen molar-refractivity contribution in [2.24, 2.45) is 0 Å². The number of fused-ring (bicyclic) bond motifs is 4. The van der Waals surface area contributed by atoms with Crippen LogP contribution in [0, 0.1) is 0 Å². The maximum Gasteiger partial charge on any atom is 0.0540 e. The van der Waals surface area contributed by atoms with Crippen molar-refractivity contribution in [2.75, 3.05) is 4.90 Å². The van der Waals surface area contributed by atoms with Crippen LogP contribution in [0.25, 0.3) is 54.6 Å². The van der Waals surface area contributed by atoms with Gasteiger partial charge < -0.3 is 4.90 Å². The summed E-state index contributed by atoms with van der Waals surface area (Å²) in [5.74, 6) is 0. The number of hydrogen-bond donors (Lipinski definition) is 0. The molecule has 0 atom stereocenters. The van der Waals surface area contributed by atoms with E-state index in [1.807, 2.05) is 0 Å². The van der Waals surface area contributed by atoms with E-state index in [0.29, 0.717) is 0 Å². The molecule has 0 radical (unpaired) electrons. The van der Waals surface area contributed by atoms with Crippen LogP contribution in [0.3, 0.4) is 0 Å². The van der Waals surface area contributed by atoms with Gasteiger partial charge in [-0.05, 0) is 91.5 Å². The minimum absolute atomic E-state index is 1.12. The van der Waals surface area contributed by atoms with E-state index in [1.165, 1.54) is 54.6 Å². The van der Waals surface area contributed by atoms with E-state index in [1.54, 1.807) is 0 Å². The fourth-order valence-corrected chi connectivity index (χ4v) is 6.35. The molecule has 0 spiro atoms. The fourth-order valence-electron chi connectivity index (χ4n) is 6.35. The molecule has 0 aromatic heterocycles. The van der Waals surface area contributed by atoms with Crippen molar-refractivity contribution in [3.63, 3.8) is 0 Å². The van der Waals surface area contributed by atoms with E-state index in [-0.39, 0.29) is 0 Å². The molecule has 0 aliphatic heterocycles. The Balaban J connectivity index is 1.30. The van der Waals surface area contributed by atoms with Gasteiger partial charge in [0.1, 0.15) is 0 Å². The van der Waals surface area contributed by atoms with Crippen LogP contribution in [0.4, 0.5) is 17.1 Å². The first-order valence-corrected chi connectivity index (χ1v) is 14.8. The predicted molar refractivity (Wildman–Crippen MR) is 185 cm³/mol. The Hall–Kier alpha value is -5.66. The maximum atomic E-state index is 2.38. The molecule has 0 unspecified atom stereocenters. The Morgan fingerprint density at radius 1 is 0.302 bits per heavy atom. The van der Waals surface area contributed by atoms with Crippen molar-refractivity contribution in [1.82, 2.24) is 0 Å². The SMILES string of the molecule is c1ccc(N(c2ccc(-c3ccc4ccccc4c3)cc2)c2ccccc2-c2cc3ccccc3c3ccccc23)cc1. The molecule has 202 valence electrons. The van der Waals surface area contributed by atoms with Gasteiger partial charge in [0.05, 0.1) is 5.69 Å². The highest BCUT2D eigenvalue weighted by molar-refractivity contribution is 6.15. The molecule has 0 heterocycles. The zero-order chi connectivity index (χ0) is 28.6. The Bertz CT molecular complexity index is 2230. The Morgan fingerprint density at radius 3 is 1.70 bits per heavy atom. The lowest BCUT2D eigenvalue weighted by atomic mass is 9.92. The normalized spacial score (nSPS) is 11.3. The van der Waals surface area contributed by atoms with Crippen molar-refractivity contribution in [3.05, 3.63) is 176 Å². The molecule has 43 heavy (non-hydrogen) atoms. The van der Waals surface area contributed by atoms with Crippen molar-refractivity contribution in [1.29, 1.82) is 0 Å². The summed E-state index contributed by atoms with van der Waals surface area (Å²) in [4.78, 5) is 2.38. The molecule has 0 amide bonds. The van der Waals surface area contributed by atoms with Crippen LogP contribution in [0.2, 0.25) is 0 Å². The zero-order valence-corrected chi connectivity index (χ0v) is 23.7. The standard InChI is InChI=1S/C42H29N/c1-2-15-35(16-3-1)43(36-26-24-31(25-27-36)33-23-22-30-12-4-5-13-32(30)28-33)42-21-11-10-20-40(42)41-29-34-14-6-7-17-37(34)38-18-8-9-19-39(38)41/h1-29H. The summed E-state index contributed by atoms with van der Waals surface area (Å²) in [7, 11) is 0. The highest BCUT2D eigenvalue weighted by Gasteiger charge is 2.19. The third-order valence-electron chi connectivity index (χ3n) is 8.43. The van der Waals surface area contributed by atoms with E-state index in [4.69, 9.17) is 0 Å². The van der Waals surface area contributed by atoms with E-state index in [0.717, 1.165) is 17.1 Å². The molecular formula is C42H29N. The molecule has 1 heteroatoms. The van der Waals surface area contributed by atoms with Crippen LogP contribution in [0.15, 0.2) is 176 Å². The van der Waals surface area contributed by atoms with Gasteiger partial charge in [-0.2, -0.15) is 0 Å². The summed E-state index contributed by atoms with van der Waals surface area (Å²) < 4.78 is 0. The lowest BCUT2D eigenvalue weighted by molar-refractivity contribution is 1.28. The van der Waals surface area contributed by atoms with Gasteiger partial charge in [-0.15, -0.1) is 0 Å². The third kappa shape index (κ3) is 4.52. The average molecular weight is 548 g/mol. The fraction of sp³-hybridized carbons (Fsp3) is 0. The van der Waals surface area contributed by atoms with Crippen LogP contribution in [0.5, 0.6) is 0 Å². The smallest absolute Gasteiger partial charge is 0.0540 e. The molecule has 8 aromatic rings. The predicted octanol–water partition coefficient (Wildman–Crippen LogP) is 11.9. The van der Waals surface area contributed by atoms with Gasteiger partial charge in [-0.1, -0.05) is 133 Å². The van der Waals surface area contributed by atoms with E-state index in [9.17, 15) is 0 Å². The lowest BCUT2D eigenvalue weighted by Gasteiger charge is -2.28. The molecule has 0 fully saturated rings. The van der Waals surface area contributed by atoms with Gasteiger partial charge in [-0.3, -0.25) is 0 Å². The molecule has 0 saturated heterocycles. The summed E-state index contributed by atoms with van der Waals surface area (Å²) in [6.45, 7) is 0. The van der Waals surface area contributed by atoms with Gasteiger partial charge in [-0.25, -0.2) is 0 Å². The first kappa shape index (κ1) is 25.1. The van der Waals surface area contributed by atoms with Gasteiger partial charge >= 0.3 is 0 Å². The van der Waals surface area contributed by atoms with Gasteiger partial charge in [0.2, 0.25) is 0 Å². The van der Waals surface area contributed by atoms with Crippen LogP contribution in [0.1, 0.15) is 0 Å². The van der Waals surface area contributed by atoms with Crippen molar-refractivity contribution in [3.8, 4) is 22.3 Å². The van der Waals surface area contributed by atoms with Crippen LogP contribution in [-0.4, -0.2) is 0 Å². The Morgan fingerprint density at radius 2 is 0.884 bits per heavy atom. The molecule has 0 N–H and O–H groups in total. The third-order valence-corrected chi connectivity index (χ3v) is 8.43. The summed E-state index contributed by atoms with van der Waals surface area (Å²) in [5, 5.41) is 7.58. The summed E-state index contributed by atoms with van der Waals surface area (Å²) >= 11 is 0. The van der Waals surface area contributed by atoms with E-state index in [2.05, 4.69) is 181 Å². The van der Waals surface area contributed by atoms with Crippen molar-refractivity contribution in [2.45, 2.75) is 0 Å².